The first-order valence-corrected chi connectivity index (χ1v) is 5.44. The lowest BCUT2D eigenvalue weighted by molar-refractivity contribution is -0.103. The van der Waals surface area contributed by atoms with Crippen LogP contribution in [0.5, 0.6) is 0 Å². The van der Waals surface area contributed by atoms with Crippen LogP contribution < -0.4 is 5.32 Å². The molecular formula is C12H13NO3. The van der Waals surface area contributed by atoms with Crippen LogP contribution in [-0.4, -0.2) is 25.3 Å². The molecule has 0 atom stereocenters. The van der Waals surface area contributed by atoms with E-state index in [9.17, 15) is 4.79 Å². The number of nitrogens with one attached hydrogen (secondary N) is 1. The molecule has 2 aliphatic rings. The molecule has 1 aromatic carbocycles. The second-order valence-corrected chi connectivity index (χ2v) is 4.15. The van der Waals surface area contributed by atoms with Crippen molar-refractivity contribution in [2.75, 3.05) is 13.2 Å². The number of carbonyl (C=O) groups is 1. The van der Waals surface area contributed by atoms with E-state index >= 15 is 0 Å². The average Bonchev–Trinajstić information content (AvgIpc) is 2.69. The van der Waals surface area contributed by atoms with Gasteiger partial charge in [-0.1, -0.05) is 6.07 Å². The molecule has 4 nitrogen and oxygen atoms in total. The number of benzene rings is 1. The Labute approximate surface area is 93.5 Å². The molecule has 84 valence electrons. The van der Waals surface area contributed by atoms with Crippen LogP contribution in [0.25, 0.3) is 0 Å². The summed E-state index contributed by atoms with van der Waals surface area (Å²) >= 11 is 0. The molecule has 4 heteroatoms. The number of esters is 1. The largest absolute Gasteiger partial charge is 0.454 e. The van der Waals surface area contributed by atoms with Gasteiger partial charge in [-0.15, -0.1) is 0 Å². The lowest BCUT2D eigenvalue weighted by Gasteiger charge is -2.25. The quantitative estimate of drug-likeness (QED) is 0.749. The minimum atomic E-state index is -0.247. The molecule has 0 saturated carbocycles. The maximum Gasteiger partial charge on any atom is 0.338 e. The minimum Gasteiger partial charge on any atom is -0.454 e. The number of rotatable bonds is 2. The van der Waals surface area contributed by atoms with Gasteiger partial charge in [0.2, 0.25) is 0 Å². The van der Waals surface area contributed by atoms with Crippen molar-refractivity contribution >= 4 is 5.97 Å². The van der Waals surface area contributed by atoms with Crippen LogP contribution >= 0.6 is 0 Å². The van der Waals surface area contributed by atoms with Gasteiger partial charge in [0.1, 0.15) is 6.10 Å². The van der Waals surface area contributed by atoms with Gasteiger partial charge in [-0.3, -0.25) is 0 Å². The monoisotopic (exact) mass is 219 g/mol. The van der Waals surface area contributed by atoms with Crippen LogP contribution in [0.3, 0.4) is 0 Å². The molecule has 0 aliphatic carbocycles. The Balaban J connectivity index is 1.75. The van der Waals surface area contributed by atoms with Crippen molar-refractivity contribution in [3.8, 4) is 0 Å². The maximum atomic E-state index is 11.7. The molecule has 0 unspecified atom stereocenters. The lowest BCUT2D eigenvalue weighted by Crippen LogP contribution is -2.37. The molecule has 0 amide bonds. The van der Waals surface area contributed by atoms with Gasteiger partial charge in [0.05, 0.1) is 18.8 Å². The highest BCUT2D eigenvalue weighted by Crippen LogP contribution is 2.18. The number of carbonyl (C=O) groups excluding carboxylic acids is 1. The molecular weight excluding hydrogens is 206 g/mol. The summed E-state index contributed by atoms with van der Waals surface area (Å²) in [6.45, 7) is 2.78. The van der Waals surface area contributed by atoms with Crippen LogP contribution in [0.2, 0.25) is 0 Å². The molecule has 2 aliphatic heterocycles. The number of hydrogen-bond donors (Lipinski definition) is 1. The van der Waals surface area contributed by atoms with Crippen molar-refractivity contribution in [2.24, 2.45) is 0 Å². The summed E-state index contributed by atoms with van der Waals surface area (Å²) in [7, 11) is 0. The van der Waals surface area contributed by atoms with E-state index in [1.54, 1.807) is 0 Å². The third-order valence-corrected chi connectivity index (χ3v) is 2.95. The fraction of sp³-hybridized carbons (Fsp3) is 0.417. The van der Waals surface area contributed by atoms with Gasteiger partial charge in [0.25, 0.3) is 0 Å². The zero-order valence-electron chi connectivity index (χ0n) is 8.86. The topological polar surface area (TPSA) is 47.6 Å². The Kier molecular flexibility index (Phi) is 2.38. The molecule has 0 bridgehead atoms. The third-order valence-electron chi connectivity index (χ3n) is 2.95. The number of ether oxygens (including phenoxy) is 2. The van der Waals surface area contributed by atoms with Crippen molar-refractivity contribution < 1.29 is 14.3 Å². The maximum absolute atomic E-state index is 11.7. The average molecular weight is 219 g/mol. The van der Waals surface area contributed by atoms with Crippen LogP contribution in [0.15, 0.2) is 18.2 Å². The molecule has 0 aromatic heterocycles. The molecule has 16 heavy (non-hydrogen) atoms. The summed E-state index contributed by atoms with van der Waals surface area (Å²) < 4.78 is 10.2. The Bertz CT molecular complexity index is 426. The molecule has 1 N–H and O–H groups in total. The Morgan fingerprint density at radius 1 is 1.31 bits per heavy atom. The molecule has 1 fully saturated rings. The van der Waals surface area contributed by atoms with Gasteiger partial charge in [-0.2, -0.15) is 0 Å². The van der Waals surface area contributed by atoms with Crippen molar-refractivity contribution in [1.29, 1.82) is 0 Å². The van der Waals surface area contributed by atoms with Crippen molar-refractivity contribution in [3.05, 3.63) is 34.9 Å². The highest BCUT2D eigenvalue weighted by Gasteiger charge is 2.24. The van der Waals surface area contributed by atoms with Gasteiger partial charge in [0, 0.05) is 13.1 Å². The smallest absolute Gasteiger partial charge is 0.338 e. The summed E-state index contributed by atoms with van der Waals surface area (Å²) in [5, 5.41) is 3.24. The van der Waals surface area contributed by atoms with Crippen LogP contribution in [0.4, 0.5) is 0 Å². The van der Waals surface area contributed by atoms with E-state index in [4.69, 9.17) is 9.47 Å². The first-order chi connectivity index (χ1) is 7.83. The van der Waals surface area contributed by atoms with Crippen LogP contribution in [0, 0.1) is 0 Å². The predicted octanol–water partition coefficient (Wildman–Crippen LogP) is 0.845. The summed E-state index contributed by atoms with van der Waals surface area (Å²) in [6, 6.07) is 5.73. The summed E-state index contributed by atoms with van der Waals surface area (Å²) in [6.07, 6.45) is -0.0566. The van der Waals surface area contributed by atoms with E-state index in [0.29, 0.717) is 18.8 Å². The fourth-order valence-electron chi connectivity index (χ4n) is 1.92. The highest BCUT2D eigenvalue weighted by molar-refractivity contribution is 5.90. The fourth-order valence-corrected chi connectivity index (χ4v) is 1.92. The SMILES string of the molecule is O=C(OC1COC1)c1ccc2c(c1)CNC2. The minimum absolute atomic E-state index is 0.0566. The molecule has 0 radical (unpaired) electrons. The second-order valence-electron chi connectivity index (χ2n) is 4.15. The molecule has 2 heterocycles. The first kappa shape index (κ1) is 9.81. The van der Waals surface area contributed by atoms with E-state index in [1.165, 1.54) is 11.1 Å². The normalized spacial score (nSPS) is 19.0. The Morgan fingerprint density at radius 2 is 2.12 bits per heavy atom. The predicted molar refractivity (Wildman–Crippen MR) is 57.0 cm³/mol. The molecule has 1 aromatic rings. The first-order valence-electron chi connectivity index (χ1n) is 5.44. The van der Waals surface area contributed by atoms with Gasteiger partial charge < -0.3 is 14.8 Å². The van der Waals surface area contributed by atoms with Crippen molar-refractivity contribution in [3.63, 3.8) is 0 Å². The Morgan fingerprint density at radius 3 is 2.88 bits per heavy atom. The van der Waals surface area contributed by atoms with Crippen molar-refractivity contribution in [2.45, 2.75) is 19.2 Å². The van der Waals surface area contributed by atoms with Crippen molar-refractivity contribution in [1.82, 2.24) is 5.32 Å². The van der Waals surface area contributed by atoms with Gasteiger partial charge in [-0.25, -0.2) is 4.79 Å². The summed E-state index contributed by atoms with van der Waals surface area (Å²) in [4.78, 5) is 11.7. The Hall–Kier alpha value is -1.39. The lowest BCUT2D eigenvalue weighted by atomic mass is 10.1. The molecule has 1 saturated heterocycles. The second kappa shape index (κ2) is 3.88. The van der Waals surface area contributed by atoms with E-state index in [2.05, 4.69) is 5.32 Å². The van der Waals surface area contributed by atoms with E-state index < -0.39 is 0 Å². The van der Waals surface area contributed by atoms with E-state index in [1.807, 2.05) is 18.2 Å². The van der Waals surface area contributed by atoms with E-state index in [0.717, 1.165) is 13.1 Å². The standard InChI is InChI=1S/C12H13NO3/c14-12(16-11-6-15-7-11)8-1-2-9-4-13-5-10(9)3-8/h1-3,11,13H,4-7H2. The number of fused-ring (bicyclic) bond motifs is 1. The highest BCUT2D eigenvalue weighted by atomic mass is 16.6. The zero-order chi connectivity index (χ0) is 11.0. The zero-order valence-corrected chi connectivity index (χ0v) is 8.86. The molecule has 0 spiro atoms. The van der Waals surface area contributed by atoms with Gasteiger partial charge in [0.15, 0.2) is 0 Å². The third kappa shape index (κ3) is 1.70. The van der Waals surface area contributed by atoms with Gasteiger partial charge >= 0.3 is 5.97 Å². The number of hydrogen-bond acceptors (Lipinski definition) is 4. The van der Waals surface area contributed by atoms with Gasteiger partial charge in [-0.05, 0) is 23.3 Å². The molecule has 3 rings (SSSR count). The summed E-state index contributed by atoms with van der Waals surface area (Å²) in [5.41, 5.74) is 3.09. The van der Waals surface area contributed by atoms with E-state index in [-0.39, 0.29) is 12.1 Å². The summed E-state index contributed by atoms with van der Waals surface area (Å²) in [5.74, 6) is -0.247. The van der Waals surface area contributed by atoms with Crippen LogP contribution in [0.1, 0.15) is 21.5 Å². The van der Waals surface area contributed by atoms with Crippen LogP contribution in [-0.2, 0) is 22.6 Å².